The highest BCUT2D eigenvalue weighted by molar-refractivity contribution is 7.89. The second-order valence-electron chi connectivity index (χ2n) is 4.99. The predicted octanol–water partition coefficient (Wildman–Crippen LogP) is 1.70. The van der Waals surface area contributed by atoms with E-state index in [2.05, 4.69) is 4.98 Å². The van der Waals surface area contributed by atoms with Crippen molar-refractivity contribution < 1.29 is 13.2 Å². The largest absolute Gasteiger partial charge is 0.339 e. The summed E-state index contributed by atoms with van der Waals surface area (Å²) in [7, 11) is -2.11. The van der Waals surface area contributed by atoms with Gasteiger partial charge in [0.25, 0.3) is 10.0 Å². The highest BCUT2D eigenvalue weighted by atomic mass is 32.2. The van der Waals surface area contributed by atoms with Crippen LogP contribution in [0.2, 0.25) is 0 Å². The smallest absolute Gasteiger partial charge is 0.262 e. The molecule has 0 amide bonds. The molecule has 118 valence electrons. The Morgan fingerprint density at radius 1 is 1.32 bits per heavy atom. The van der Waals surface area contributed by atoms with E-state index in [1.165, 1.54) is 16.8 Å². The molecule has 1 unspecified atom stereocenters. The number of nitrogens with zero attached hydrogens (tertiary/aromatic N) is 3. The molecule has 2 aromatic rings. The van der Waals surface area contributed by atoms with Crippen molar-refractivity contribution >= 4 is 15.8 Å². The topological polar surface area (TPSA) is 72.3 Å². The van der Waals surface area contributed by atoms with Crippen LogP contribution in [0.3, 0.4) is 0 Å². The molecule has 0 aliphatic carbocycles. The van der Waals surface area contributed by atoms with E-state index in [4.69, 9.17) is 0 Å². The number of aromatic nitrogens is 2. The molecule has 1 aromatic carbocycles. The van der Waals surface area contributed by atoms with Crippen molar-refractivity contribution in [1.82, 2.24) is 13.9 Å². The molecule has 22 heavy (non-hydrogen) atoms. The summed E-state index contributed by atoms with van der Waals surface area (Å²) in [5.41, 5.74) is 0.490. The van der Waals surface area contributed by atoms with E-state index in [-0.39, 0.29) is 17.4 Å². The van der Waals surface area contributed by atoms with E-state index in [1.54, 1.807) is 49.7 Å². The number of hydrogen-bond acceptors (Lipinski definition) is 4. The molecule has 0 fully saturated rings. The Hall–Kier alpha value is -1.99. The first kappa shape index (κ1) is 16.4. The summed E-state index contributed by atoms with van der Waals surface area (Å²) in [6, 6.07) is 7.89. The van der Waals surface area contributed by atoms with E-state index in [0.29, 0.717) is 5.56 Å². The van der Waals surface area contributed by atoms with Crippen molar-refractivity contribution in [3.05, 3.63) is 48.4 Å². The average Bonchev–Trinajstić information content (AvgIpc) is 2.95. The van der Waals surface area contributed by atoms with E-state index >= 15 is 0 Å². The summed E-state index contributed by atoms with van der Waals surface area (Å²) in [6.45, 7) is 3.49. The van der Waals surface area contributed by atoms with E-state index in [0.717, 1.165) is 0 Å². The number of carbonyl (C=O) groups is 1. The molecular formula is C15H19N3O3S. The Kier molecular flexibility index (Phi) is 4.77. The number of ketones is 1. The lowest BCUT2D eigenvalue weighted by molar-refractivity contribution is 0.0910. The summed E-state index contributed by atoms with van der Waals surface area (Å²) in [4.78, 5) is 16.4. The first-order valence-electron chi connectivity index (χ1n) is 6.97. The molecule has 1 atom stereocenters. The van der Waals surface area contributed by atoms with Crippen molar-refractivity contribution in [2.45, 2.75) is 24.9 Å². The SMILES string of the molecule is CCN(C(C)C(=O)c1ccccc1)S(=O)(=O)c1cn(C)cn1. The van der Waals surface area contributed by atoms with Gasteiger partial charge < -0.3 is 4.57 Å². The quantitative estimate of drug-likeness (QED) is 0.759. The predicted molar refractivity (Wildman–Crippen MR) is 83.0 cm³/mol. The minimum absolute atomic E-state index is 0.0513. The Balaban J connectivity index is 2.33. The first-order valence-corrected chi connectivity index (χ1v) is 8.41. The Bertz CT molecular complexity index is 753. The second kappa shape index (κ2) is 6.41. The first-order chi connectivity index (χ1) is 10.4. The van der Waals surface area contributed by atoms with Crippen molar-refractivity contribution in [3.8, 4) is 0 Å². The molecule has 0 N–H and O–H groups in total. The van der Waals surface area contributed by atoms with Gasteiger partial charge >= 0.3 is 0 Å². The molecule has 0 bridgehead atoms. The number of likely N-dealkylation sites (N-methyl/N-ethyl adjacent to an activating group) is 1. The lowest BCUT2D eigenvalue weighted by Gasteiger charge is -2.25. The Labute approximate surface area is 130 Å². The van der Waals surface area contributed by atoms with E-state index < -0.39 is 16.1 Å². The zero-order chi connectivity index (χ0) is 16.3. The van der Waals surface area contributed by atoms with Crippen LogP contribution in [0.1, 0.15) is 24.2 Å². The van der Waals surface area contributed by atoms with Crippen LogP contribution in [0.15, 0.2) is 47.9 Å². The molecule has 0 saturated heterocycles. The van der Waals surface area contributed by atoms with Crippen LogP contribution in [0.5, 0.6) is 0 Å². The zero-order valence-corrected chi connectivity index (χ0v) is 13.6. The van der Waals surface area contributed by atoms with Gasteiger partial charge in [0.2, 0.25) is 0 Å². The monoisotopic (exact) mass is 321 g/mol. The zero-order valence-electron chi connectivity index (χ0n) is 12.8. The highest BCUT2D eigenvalue weighted by Gasteiger charge is 2.33. The van der Waals surface area contributed by atoms with Gasteiger partial charge in [0.05, 0.1) is 12.4 Å². The minimum Gasteiger partial charge on any atom is -0.339 e. The third-order valence-electron chi connectivity index (χ3n) is 3.44. The van der Waals surface area contributed by atoms with Gasteiger partial charge in [-0.2, -0.15) is 4.31 Å². The van der Waals surface area contributed by atoms with Gasteiger partial charge in [0, 0.05) is 25.4 Å². The average molecular weight is 321 g/mol. The number of Topliss-reactive ketones (excluding diaryl/α,β-unsaturated/α-hetero) is 1. The summed E-state index contributed by atoms with van der Waals surface area (Å²) in [5, 5.41) is -0.0513. The second-order valence-corrected chi connectivity index (χ2v) is 6.83. The maximum absolute atomic E-state index is 12.7. The molecule has 7 heteroatoms. The van der Waals surface area contributed by atoms with Crippen molar-refractivity contribution in [1.29, 1.82) is 0 Å². The summed E-state index contributed by atoms with van der Waals surface area (Å²) >= 11 is 0. The molecule has 0 spiro atoms. The molecule has 2 rings (SSSR count). The number of sulfonamides is 1. The van der Waals surface area contributed by atoms with Crippen molar-refractivity contribution in [3.63, 3.8) is 0 Å². The molecular weight excluding hydrogens is 302 g/mol. The van der Waals surface area contributed by atoms with Crippen molar-refractivity contribution in [2.75, 3.05) is 6.54 Å². The van der Waals surface area contributed by atoms with Crippen LogP contribution >= 0.6 is 0 Å². The van der Waals surface area contributed by atoms with Gasteiger partial charge in [-0.05, 0) is 6.92 Å². The van der Waals surface area contributed by atoms with Crippen LogP contribution in [-0.2, 0) is 17.1 Å². The molecule has 0 radical (unpaired) electrons. The maximum atomic E-state index is 12.7. The van der Waals surface area contributed by atoms with E-state index in [1.807, 2.05) is 6.07 Å². The van der Waals surface area contributed by atoms with Gasteiger partial charge in [-0.1, -0.05) is 37.3 Å². The number of rotatable bonds is 6. The van der Waals surface area contributed by atoms with Crippen LogP contribution in [0, 0.1) is 0 Å². The van der Waals surface area contributed by atoms with Crippen LogP contribution in [0.4, 0.5) is 0 Å². The summed E-state index contributed by atoms with van der Waals surface area (Å²) in [5.74, 6) is -0.234. The molecule has 1 aromatic heterocycles. The molecule has 0 saturated carbocycles. The maximum Gasteiger partial charge on any atom is 0.262 e. The van der Waals surface area contributed by atoms with Crippen molar-refractivity contribution in [2.24, 2.45) is 7.05 Å². The highest BCUT2D eigenvalue weighted by Crippen LogP contribution is 2.18. The number of carbonyl (C=O) groups excluding carboxylic acids is 1. The number of hydrogen-bond donors (Lipinski definition) is 0. The number of benzene rings is 1. The molecule has 0 aliphatic heterocycles. The van der Waals surface area contributed by atoms with Gasteiger partial charge in [0.1, 0.15) is 0 Å². The summed E-state index contributed by atoms with van der Waals surface area (Å²) in [6.07, 6.45) is 2.85. The van der Waals surface area contributed by atoms with E-state index in [9.17, 15) is 13.2 Å². The molecule has 1 heterocycles. The third kappa shape index (κ3) is 3.10. The fraction of sp³-hybridized carbons (Fsp3) is 0.333. The van der Waals surface area contributed by atoms with Gasteiger partial charge in [-0.3, -0.25) is 4.79 Å². The normalized spacial score (nSPS) is 13.3. The Morgan fingerprint density at radius 2 is 1.95 bits per heavy atom. The fourth-order valence-electron chi connectivity index (χ4n) is 2.27. The van der Waals surface area contributed by atoms with Gasteiger partial charge in [-0.25, -0.2) is 13.4 Å². The molecule has 6 nitrogen and oxygen atoms in total. The Morgan fingerprint density at radius 3 is 2.45 bits per heavy atom. The lowest BCUT2D eigenvalue weighted by atomic mass is 10.1. The van der Waals surface area contributed by atoms with Gasteiger partial charge in [0.15, 0.2) is 10.8 Å². The van der Waals surface area contributed by atoms with Crippen LogP contribution < -0.4 is 0 Å². The van der Waals surface area contributed by atoms with Crippen LogP contribution in [0.25, 0.3) is 0 Å². The standard InChI is InChI=1S/C15H19N3O3S/c1-4-18(22(20,21)14-10-17(3)11-16-14)12(2)15(19)13-8-6-5-7-9-13/h5-12H,4H2,1-3H3. The number of imidazole rings is 1. The molecule has 0 aliphatic rings. The van der Waals surface area contributed by atoms with Crippen LogP contribution in [-0.4, -0.2) is 40.6 Å². The lowest BCUT2D eigenvalue weighted by Crippen LogP contribution is -2.43. The minimum atomic E-state index is -3.80. The number of aryl methyl sites for hydroxylation is 1. The fourth-order valence-corrected chi connectivity index (χ4v) is 3.84. The summed E-state index contributed by atoms with van der Waals surface area (Å²) < 4.78 is 28.0. The third-order valence-corrected chi connectivity index (χ3v) is 5.37. The van der Waals surface area contributed by atoms with Gasteiger partial charge in [-0.15, -0.1) is 0 Å².